The van der Waals surface area contributed by atoms with E-state index >= 15 is 0 Å². The molecule has 19 heavy (non-hydrogen) atoms. The summed E-state index contributed by atoms with van der Waals surface area (Å²) in [6.07, 6.45) is 1.68. The Morgan fingerprint density at radius 1 is 1.42 bits per heavy atom. The maximum Gasteiger partial charge on any atom is 0.244 e. The fraction of sp³-hybridized carbons (Fsp3) is 0.667. The van der Waals surface area contributed by atoms with Crippen LogP contribution in [0.1, 0.15) is 24.6 Å². The Kier molecular flexibility index (Phi) is 4.42. The average Bonchev–Trinajstić information content (AvgIpc) is 2.70. The number of thiophene rings is 1. The average molecular weight is 367 g/mol. The van der Waals surface area contributed by atoms with Crippen LogP contribution in [-0.2, 0) is 10.0 Å². The van der Waals surface area contributed by atoms with E-state index in [4.69, 9.17) is 0 Å². The van der Waals surface area contributed by atoms with Gasteiger partial charge in [-0.15, -0.1) is 11.3 Å². The third kappa shape index (κ3) is 3.05. The first-order valence-corrected chi connectivity index (χ1v) is 9.28. The molecule has 2 rings (SSSR count). The number of aryl methyl sites for hydroxylation is 1. The van der Waals surface area contributed by atoms with Gasteiger partial charge in [-0.3, -0.25) is 0 Å². The molecule has 7 heteroatoms. The van der Waals surface area contributed by atoms with Gasteiger partial charge in [0.1, 0.15) is 0 Å². The van der Waals surface area contributed by atoms with Crippen LogP contribution in [0.2, 0.25) is 0 Å². The summed E-state index contributed by atoms with van der Waals surface area (Å²) in [5.41, 5.74) is 0.0519. The highest BCUT2D eigenvalue weighted by molar-refractivity contribution is 9.11. The minimum Gasteiger partial charge on any atom is -0.314 e. The molecule has 0 amide bonds. The second kappa shape index (κ2) is 5.44. The van der Waals surface area contributed by atoms with Crippen molar-refractivity contribution in [1.82, 2.24) is 9.62 Å². The van der Waals surface area contributed by atoms with E-state index < -0.39 is 10.0 Å². The van der Waals surface area contributed by atoms with Gasteiger partial charge in [0.15, 0.2) is 0 Å². The van der Waals surface area contributed by atoms with Gasteiger partial charge >= 0.3 is 0 Å². The number of nitrogens with one attached hydrogen (secondary N) is 1. The van der Waals surface area contributed by atoms with Crippen molar-refractivity contribution >= 4 is 37.3 Å². The van der Waals surface area contributed by atoms with E-state index in [0.29, 0.717) is 18.0 Å². The summed E-state index contributed by atoms with van der Waals surface area (Å²) in [7, 11) is -1.41. The molecule has 1 aliphatic heterocycles. The Bertz CT molecular complexity index is 560. The number of piperidine rings is 1. The van der Waals surface area contributed by atoms with Crippen LogP contribution in [0, 0.1) is 6.92 Å². The molecule has 0 atom stereocenters. The highest BCUT2D eigenvalue weighted by Crippen LogP contribution is 2.33. The van der Waals surface area contributed by atoms with Crippen LogP contribution in [0.4, 0.5) is 0 Å². The van der Waals surface area contributed by atoms with Crippen LogP contribution in [-0.4, -0.2) is 38.4 Å². The minimum atomic E-state index is -3.34. The van der Waals surface area contributed by atoms with Crippen molar-refractivity contribution in [1.29, 1.82) is 0 Å². The molecule has 0 saturated carbocycles. The molecule has 1 saturated heterocycles. The van der Waals surface area contributed by atoms with Gasteiger partial charge in [0.2, 0.25) is 10.0 Å². The lowest BCUT2D eigenvalue weighted by molar-refractivity contribution is 0.219. The normalized spacial score (nSPS) is 20.6. The summed E-state index contributed by atoms with van der Waals surface area (Å²) < 4.78 is 27.7. The Morgan fingerprint density at radius 3 is 2.42 bits per heavy atom. The molecule has 0 spiro atoms. The van der Waals surface area contributed by atoms with Crippen LogP contribution >= 0.6 is 27.3 Å². The van der Waals surface area contributed by atoms with Crippen molar-refractivity contribution in [2.45, 2.75) is 37.1 Å². The maximum atomic E-state index is 12.6. The summed E-state index contributed by atoms with van der Waals surface area (Å²) >= 11 is 4.82. The first kappa shape index (κ1) is 15.4. The monoisotopic (exact) mass is 366 g/mol. The highest BCUT2D eigenvalue weighted by atomic mass is 79.9. The molecule has 0 radical (unpaired) electrons. The third-order valence-corrected chi connectivity index (χ3v) is 7.60. The molecule has 1 aromatic heterocycles. The second-order valence-corrected chi connectivity index (χ2v) is 9.73. The summed E-state index contributed by atoms with van der Waals surface area (Å²) in [4.78, 5) is 1.28. The Morgan fingerprint density at radius 2 is 2.00 bits per heavy atom. The summed E-state index contributed by atoms with van der Waals surface area (Å²) in [6, 6.07) is 1.71. The van der Waals surface area contributed by atoms with Crippen molar-refractivity contribution in [3.8, 4) is 0 Å². The standard InChI is InChI=1S/C12H19BrN2O2S2/c1-9-10(8-11(13)18-9)19(16,17)15-6-4-12(2,14-3)5-7-15/h8,14H,4-7H2,1-3H3. The number of sulfonamides is 1. The van der Waals surface area contributed by atoms with E-state index in [1.165, 1.54) is 11.3 Å². The Labute approximate surface area is 127 Å². The highest BCUT2D eigenvalue weighted by Gasteiger charge is 2.35. The topological polar surface area (TPSA) is 49.4 Å². The van der Waals surface area contributed by atoms with Crippen molar-refractivity contribution < 1.29 is 8.42 Å². The molecule has 1 fully saturated rings. The van der Waals surface area contributed by atoms with Crippen LogP contribution in [0.15, 0.2) is 14.7 Å². The summed E-state index contributed by atoms with van der Waals surface area (Å²) in [5, 5.41) is 3.28. The quantitative estimate of drug-likeness (QED) is 0.894. The number of halogens is 1. The Balaban J connectivity index is 2.21. The SMILES string of the molecule is CNC1(C)CCN(S(=O)(=O)c2cc(Br)sc2C)CC1. The molecule has 0 aliphatic carbocycles. The number of hydrogen-bond donors (Lipinski definition) is 1. The lowest BCUT2D eigenvalue weighted by Crippen LogP contribution is -2.51. The fourth-order valence-corrected chi connectivity index (χ4v) is 6.12. The van der Waals surface area contributed by atoms with Crippen LogP contribution in [0.5, 0.6) is 0 Å². The smallest absolute Gasteiger partial charge is 0.244 e. The first-order valence-electron chi connectivity index (χ1n) is 6.23. The summed E-state index contributed by atoms with van der Waals surface area (Å²) in [5.74, 6) is 0. The van der Waals surface area contributed by atoms with Gasteiger partial charge in [-0.1, -0.05) is 0 Å². The molecule has 1 aromatic rings. The molecule has 0 unspecified atom stereocenters. The minimum absolute atomic E-state index is 0.0519. The van der Waals surface area contributed by atoms with Gasteiger partial charge in [0.25, 0.3) is 0 Å². The van der Waals surface area contributed by atoms with Crippen molar-refractivity contribution in [2.75, 3.05) is 20.1 Å². The van der Waals surface area contributed by atoms with E-state index in [1.807, 2.05) is 14.0 Å². The maximum absolute atomic E-state index is 12.6. The lowest BCUT2D eigenvalue weighted by atomic mass is 9.91. The van der Waals surface area contributed by atoms with Gasteiger partial charge in [-0.05, 0) is 55.7 Å². The van der Waals surface area contributed by atoms with E-state index in [0.717, 1.165) is 21.5 Å². The van der Waals surface area contributed by atoms with Crippen LogP contribution in [0.3, 0.4) is 0 Å². The fourth-order valence-electron chi connectivity index (χ4n) is 2.30. The zero-order valence-electron chi connectivity index (χ0n) is 11.4. The molecule has 0 bridgehead atoms. The molecular formula is C12H19BrN2O2S2. The molecule has 4 nitrogen and oxygen atoms in total. The van der Waals surface area contributed by atoms with E-state index in [9.17, 15) is 8.42 Å². The van der Waals surface area contributed by atoms with E-state index in [2.05, 4.69) is 28.2 Å². The number of nitrogens with zero attached hydrogens (tertiary/aromatic N) is 1. The first-order chi connectivity index (χ1) is 8.78. The zero-order valence-corrected chi connectivity index (χ0v) is 14.6. The van der Waals surface area contributed by atoms with Gasteiger partial charge in [0.05, 0.1) is 8.68 Å². The third-order valence-electron chi connectivity index (χ3n) is 3.89. The molecule has 1 aliphatic rings. The lowest BCUT2D eigenvalue weighted by Gasteiger charge is -2.38. The molecule has 0 aromatic carbocycles. The van der Waals surface area contributed by atoms with Crippen molar-refractivity contribution in [3.05, 3.63) is 14.7 Å². The van der Waals surface area contributed by atoms with Gasteiger partial charge in [-0.2, -0.15) is 4.31 Å². The largest absolute Gasteiger partial charge is 0.314 e. The van der Waals surface area contributed by atoms with E-state index in [-0.39, 0.29) is 5.54 Å². The van der Waals surface area contributed by atoms with E-state index in [1.54, 1.807) is 10.4 Å². The molecule has 1 N–H and O–H groups in total. The number of rotatable bonds is 3. The molecular weight excluding hydrogens is 348 g/mol. The zero-order chi connectivity index (χ0) is 14.3. The van der Waals surface area contributed by atoms with Gasteiger partial charge in [-0.25, -0.2) is 8.42 Å². The van der Waals surface area contributed by atoms with Crippen LogP contribution < -0.4 is 5.32 Å². The molecule has 108 valence electrons. The Hall–Kier alpha value is 0.0500. The summed E-state index contributed by atoms with van der Waals surface area (Å²) in [6.45, 7) is 5.15. The van der Waals surface area contributed by atoms with Crippen molar-refractivity contribution in [2.24, 2.45) is 0 Å². The van der Waals surface area contributed by atoms with Crippen molar-refractivity contribution in [3.63, 3.8) is 0 Å². The predicted octanol–water partition coefficient (Wildman–Crippen LogP) is 2.58. The predicted molar refractivity (Wildman–Crippen MR) is 82.2 cm³/mol. The van der Waals surface area contributed by atoms with Gasteiger partial charge in [0, 0.05) is 23.5 Å². The van der Waals surface area contributed by atoms with Gasteiger partial charge < -0.3 is 5.32 Å². The van der Waals surface area contributed by atoms with Crippen LogP contribution in [0.25, 0.3) is 0 Å². The number of hydrogen-bond acceptors (Lipinski definition) is 4. The second-order valence-electron chi connectivity index (χ2n) is 5.19. The molecule has 2 heterocycles.